The van der Waals surface area contributed by atoms with Gasteiger partial charge in [-0.3, -0.25) is 23.7 Å². The number of rotatable bonds is 10. The van der Waals surface area contributed by atoms with Crippen molar-refractivity contribution in [3.05, 3.63) is 69.8 Å². The Morgan fingerprint density at radius 2 is 1.70 bits per heavy atom. The van der Waals surface area contributed by atoms with E-state index in [0.29, 0.717) is 12.1 Å². The zero-order valence-electron chi connectivity index (χ0n) is 20.2. The molecule has 2 N–H and O–H groups in total. The monoisotopic (exact) mass is 577 g/mol. The van der Waals surface area contributed by atoms with Crippen LogP contribution >= 0.6 is 0 Å². The summed E-state index contributed by atoms with van der Waals surface area (Å²) in [6.07, 6.45) is -5.09. The van der Waals surface area contributed by atoms with Gasteiger partial charge in [0.15, 0.2) is 23.2 Å². The molecule has 40 heavy (non-hydrogen) atoms. The van der Waals surface area contributed by atoms with Crippen LogP contribution in [0.15, 0.2) is 35.4 Å². The number of hydrogen-bond donors (Lipinski definition) is 2. The molecule has 0 spiro atoms. The van der Waals surface area contributed by atoms with E-state index < -0.39 is 89.1 Å². The molecule has 0 saturated heterocycles. The SMILES string of the molecule is CC[C@@H](C(=O)N[C@@H](CC(=O)O)C(=O)COc1c(F)c(F)cc(F)c1F)n1cnc2cc(C(F)(F)F)ccc2c1=O. The average Bonchev–Trinajstić information content (AvgIpc) is 2.87. The molecule has 0 aliphatic rings. The summed E-state index contributed by atoms with van der Waals surface area (Å²) in [7, 11) is 0. The number of carboxylic acids is 1. The molecule has 9 nitrogen and oxygen atoms in total. The summed E-state index contributed by atoms with van der Waals surface area (Å²) < 4.78 is 98.6. The first-order valence-electron chi connectivity index (χ1n) is 11.2. The third-order valence-corrected chi connectivity index (χ3v) is 5.65. The van der Waals surface area contributed by atoms with E-state index in [2.05, 4.69) is 15.0 Å². The van der Waals surface area contributed by atoms with Crippen molar-refractivity contribution in [1.82, 2.24) is 14.9 Å². The molecule has 0 bridgehead atoms. The van der Waals surface area contributed by atoms with Gasteiger partial charge in [-0.2, -0.15) is 22.0 Å². The number of benzene rings is 2. The maximum Gasteiger partial charge on any atom is 0.416 e. The van der Waals surface area contributed by atoms with E-state index in [9.17, 15) is 49.9 Å². The molecule has 16 heteroatoms. The zero-order chi connectivity index (χ0) is 29.9. The van der Waals surface area contributed by atoms with Gasteiger partial charge in [0, 0.05) is 6.07 Å². The van der Waals surface area contributed by atoms with Gasteiger partial charge in [0.05, 0.1) is 29.2 Å². The lowest BCUT2D eigenvalue weighted by molar-refractivity contribution is -0.141. The Morgan fingerprint density at radius 1 is 1.07 bits per heavy atom. The predicted octanol–water partition coefficient (Wildman–Crippen LogP) is 3.53. The average molecular weight is 577 g/mol. The molecular weight excluding hydrogens is 559 g/mol. The number of ketones is 1. The van der Waals surface area contributed by atoms with Crippen LogP contribution in [0.3, 0.4) is 0 Å². The minimum Gasteiger partial charge on any atom is -0.481 e. The quantitative estimate of drug-likeness (QED) is 0.279. The zero-order valence-corrected chi connectivity index (χ0v) is 20.2. The van der Waals surface area contributed by atoms with E-state index in [1.54, 1.807) is 0 Å². The van der Waals surface area contributed by atoms with Gasteiger partial charge in [0.1, 0.15) is 18.7 Å². The van der Waals surface area contributed by atoms with Crippen LogP contribution in [0.5, 0.6) is 5.75 Å². The predicted molar refractivity (Wildman–Crippen MR) is 121 cm³/mol. The fraction of sp³-hybridized carbons (Fsp3) is 0.292. The van der Waals surface area contributed by atoms with Crippen LogP contribution in [0.4, 0.5) is 30.7 Å². The number of carboxylic acid groups (broad SMARTS) is 1. The smallest absolute Gasteiger partial charge is 0.416 e. The second-order valence-electron chi connectivity index (χ2n) is 8.32. The number of hydrogen-bond acceptors (Lipinski definition) is 6. The van der Waals surface area contributed by atoms with Gasteiger partial charge >= 0.3 is 12.1 Å². The normalized spacial score (nSPS) is 13.1. The summed E-state index contributed by atoms with van der Waals surface area (Å²) in [5, 5.41) is 10.9. The van der Waals surface area contributed by atoms with E-state index in [1.807, 2.05) is 0 Å². The highest BCUT2D eigenvalue weighted by Gasteiger charge is 2.32. The van der Waals surface area contributed by atoms with Gasteiger partial charge in [-0.25, -0.2) is 13.8 Å². The number of alkyl halides is 3. The van der Waals surface area contributed by atoms with Gasteiger partial charge in [0.2, 0.25) is 17.5 Å². The maximum absolute atomic E-state index is 13.8. The molecule has 1 aromatic heterocycles. The van der Waals surface area contributed by atoms with Gasteiger partial charge in [0.25, 0.3) is 5.56 Å². The largest absolute Gasteiger partial charge is 0.481 e. The van der Waals surface area contributed by atoms with Crippen molar-refractivity contribution in [1.29, 1.82) is 0 Å². The lowest BCUT2D eigenvalue weighted by Gasteiger charge is -2.22. The third kappa shape index (κ3) is 6.38. The minimum absolute atomic E-state index is 0.101. The Balaban J connectivity index is 1.85. The summed E-state index contributed by atoms with van der Waals surface area (Å²) >= 11 is 0. The number of ether oxygens (including phenoxy) is 1. The molecule has 0 fully saturated rings. The van der Waals surface area contributed by atoms with Crippen molar-refractivity contribution >= 4 is 28.6 Å². The first-order chi connectivity index (χ1) is 18.6. The van der Waals surface area contributed by atoms with Crippen molar-refractivity contribution in [2.75, 3.05) is 6.61 Å². The van der Waals surface area contributed by atoms with E-state index in [1.165, 1.54) is 6.92 Å². The van der Waals surface area contributed by atoms with Gasteiger partial charge in [-0.05, 0) is 24.6 Å². The highest BCUT2D eigenvalue weighted by Crippen LogP contribution is 2.30. The summed E-state index contributed by atoms with van der Waals surface area (Å²) in [6.45, 7) is 0.111. The molecule has 0 aliphatic heterocycles. The number of halogens is 7. The van der Waals surface area contributed by atoms with Crippen LogP contribution < -0.4 is 15.6 Å². The second-order valence-corrected chi connectivity index (χ2v) is 8.32. The lowest BCUT2D eigenvalue weighted by Crippen LogP contribution is -2.48. The molecule has 3 aromatic rings. The minimum atomic E-state index is -4.70. The van der Waals surface area contributed by atoms with Crippen molar-refractivity contribution in [2.45, 2.75) is 38.0 Å². The molecule has 2 atom stereocenters. The third-order valence-electron chi connectivity index (χ3n) is 5.65. The van der Waals surface area contributed by atoms with E-state index in [4.69, 9.17) is 5.11 Å². The number of nitrogens with zero attached hydrogens (tertiary/aromatic N) is 2. The van der Waals surface area contributed by atoms with Gasteiger partial charge in [-0.15, -0.1) is 0 Å². The Morgan fingerprint density at radius 3 is 2.25 bits per heavy atom. The molecular formula is C24H18F7N3O6. The van der Waals surface area contributed by atoms with E-state index >= 15 is 0 Å². The Hall–Kier alpha value is -4.50. The van der Waals surface area contributed by atoms with Crippen LogP contribution in [0.2, 0.25) is 0 Å². The number of fused-ring (bicyclic) bond motifs is 1. The number of nitrogens with one attached hydrogen (secondary N) is 1. The van der Waals surface area contributed by atoms with Gasteiger partial charge < -0.3 is 15.2 Å². The Labute approximate surface area is 219 Å². The van der Waals surface area contributed by atoms with Crippen LogP contribution in [0, 0.1) is 23.3 Å². The highest BCUT2D eigenvalue weighted by molar-refractivity contribution is 5.93. The van der Waals surface area contributed by atoms with Crippen LogP contribution in [-0.4, -0.2) is 45.0 Å². The Kier molecular flexibility index (Phi) is 8.80. The van der Waals surface area contributed by atoms with Gasteiger partial charge in [-0.1, -0.05) is 6.92 Å². The standard InChI is InChI=1S/C24H18F7N3O6/c1-2-16(34-9-32-14-5-10(24(29,30)31)3-4-11(14)23(34)39)22(38)33-15(7-18(36)37)17(35)8-40-21-19(27)12(25)6-13(26)20(21)28/h3-6,9,15-16H,2,7-8H2,1H3,(H,33,38)(H,36,37)/t15-,16-/m0/s1. The van der Waals surface area contributed by atoms with Crippen molar-refractivity contribution in [3.8, 4) is 5.75 Å². The first-order valence-corrected chi connectivity index (χ1v) is 11.2. The molecule has 1 amide bonds. The van der Waals surface area contributed by atoms with Crippen LogP contribution in [0.25, 0.3) is 10.9 Å². The molecule has 0 saturated carbocycles. The summed E-state index contributed by atoms with van der Waals surface area (Å²) in [6, 6.07) is -1.26. The number of carbonyl (C=O) groups is 3. The van der Waals surface area contributed by atoms with Crippen LogP contribution in [-0.2, 0) is 20.6 Å². The number of aliphatic carboxylic acids is 1. The highest BCUT2D eigenvalue weighted by atomic mass is 19.4. The molecule has 1 heterocycles. The number of carbonyl (C=O) groups excluding carboxylic acids is 2. The molecule has 214 valence electrons. The first kappa shape index (κ1) is 30.0. The molecule has 2 aromatic carbocycles. The number of Topliss-reactive ketones (excluding diaryl/α,β-unsaturated/α-hetero) is 1. The second kappa shape index (κ2) is 11.7. The Bertz CT molecular complexity index is 1510. The molecule has 3 rings (SSSR count). The van der Waals surface area contributed by atoms with Crippen molar-refractivity contribution in [3.63, 3.8) is 0 Å². The van der Waals surface area contributed by atoms with E-state index in [0.717, 1.165) is 17.0 Å². The van der Waals surface area contributed by atoms with Crippen LogP contribution in [0.1, 0.15) is 31.4 Å². The van der Waals surface area contributed by atoms with Crippen molar-refractivity contribution in [2.24, 2.45) is 0 Å². The molecule has 0 aliphatic carbocycles. The lowest BCUT2D eigenvalue weighted by atomic mass is 10.1. The summed E-state index contributed by atoms with van der Waals surface area (Å²) in [5.74, 6) is -13.1. The molecule has 0 unspecified atom stereocenters. The number of amides is 1. The summed E-state index contributed by atoms with van der Waals surface area (Å²) in [4.78, 5) is 53.5. The fourth-order valence-electron chi connectivity index (χ4n) is 3.65. The topological polar surface area (TPSA) is 128 Å². The fourth-order valence-corrected chi connectivity index (χ4v) is 3.65. The van der Waals surface area contributed by atoms with E-state index in [-0.39, 0.29) is 23.4 Å². The molecule has 0 radical (unpaired) electrons. The number of aromatic nitrogens is 2. The van der Waals surface area contributed by atoms with Crippen molar-refractivity contribution < 1.29 is 55.0 Å². The maximum atomic E-state index is 13.8. The summed E-state index contributed by atoms with van der Waals surface area (Å²) in [5.41, 5.74) is -2.28.